The van der Waals surface area contributed by atoms with Crippen molar-refractivity contribution in [3.05, 3.63) is 29.6 Å². The van der Waals surface area contributed by atoms with Gasteiger partial charge in [-0.25, -0.2) is 14.6 Å². The van der Waals surface area contributed by atoms with Gasteiger partial charge in [0.15, 0.2) is 0 Å². The van der Waals surface area contributed by atoms with Gasteiger partial charge >= 0.3 is 12.1 Å². The number of nitrogens with zero attached hydrogens (tertiary/aromatic N) is 1. The fraction of sp³-hybridized carbons (Fsp3) is 0.667. The number of nitrogens with one attached hydrogen (secondary N) is 6. The SMILES string of the molecule is CCCCNC(=O)NCCCC(CCl)NC(=O)c1cccc(C(=O)NC(CCl)CCCNC(=O)NCCCC)n1. The molecule has 6 amide bonds. The summed E-state index contributed by atoms with van der Waals surface area (Å²) in [4.78, 5) is 53.2. The average molecular weight is 603 g/mol. The lowest BCUT2D eigenvalue weighted by Gasteiger charge is -2.17. The number of unbranched alkanes of at least 4 members (excludes halogenated alkanes) is 2. The zero-order valence-electron chi connectivity index (χ0n) is 23.6. The zero-order valence-corrected chi connectivity index (χ0v) is 25.1. The van der Waals surface area contributed by atoms with E-state index in [0.29, 0.717) is 51.9 Å². The predicted molar refractivity (Wildman–Crippen MR) is 159 cm³/mol. The third kappa shape index (κ3) is 15.7. The van der Waals surface area contributed by atoms with Gasteiger partial charge in [-0.05, 0) is 50.7 Å². The number of pyridine rings is 1. The molecule has 1 heterocycles. The van der Waals surface area contributed by atoms with Gasteiger partial charge in [-0.2, -0.15) is 0 Å². The Bertz CT molecular complexity index is 840. The molecule has 2 unspecified atom stereocenters. The third-order valence-corrected chi connectivity index (χ3v) is 6.66. The summed E-state index contributed by atoms with van der Waals surface area (Å²) in [6, 6.07) is 3.58. The first-order valence-electron chi connectivity index (χ1n) is 14.1. The second kappa shape index (κ2) is 22.0. The number of halogens is 2. The minimum atomic E-state index is -0.442. The lowest BCUT2D eigenvalue weighted by atomic mass is 10.1. The highest BCUT2D eigenvalue weighted by molar-refractivity contribution is 6.18. The van der Waals surface area contributed by atoms with Crippen LogP contribution in [0, 0.1) is 0 Å². The third-order valence-electron chi connectivity index (χ3n) is 5.92. The first-order chi connectivity index (χ1) is 19.3. The summed E-state index contributed by atoms with van der Waals surface area (Å²) in [6.07, 6.45) is 6.27. The minimum absolute atomic E-state index is 0.0944. The van der Waals surface area contributed by atoms with Crippen LogP contribution < -0.4 is 31.9 Å². The van der Waals surface area contributed by atoms with Crippen LogP contribution in [-0.4, -0.2) is 78.9 Å². The zero-order chi connectivity index (χ0) is 29.6. The van der Waals surface area contributed by atoms with Crippen LogP contribution in [0.15, 0.2) is 18.2 Å². The maximum absolute atomic E-state index is 12.8. The van der Waals surface area contributed by atoms with Gasteiger partial charge in [0.1, 0.15) is 11.4 Å². The van der Waals surface area contributed by atoms with Gasteiger partial charge in [0.2, 0.25) is 0 Å². The number of rotatable bonds is 20. The van der Waals surface area contributed by atoms with Gasteiger partial charge in [0.25, 0.3) is 11.8 Å². The summed E-state index contributed by atoms with van der Waals surface area (Å²) in [5.74, 6) is -0.492. The fourth-order valence-corrected chi connectivity index (χ4v) is 4.03. The highest BCUT2D eigenvalue weighted by Gasteiger charge is 2.18. The van der Waals surface area contributed by atoms with Gasteiger partial charge < -0.3 is 31.9 Å². The molecule has 0 aliphatic carbocycles. The molecule has 1 rings (SSSR count). The molecule has 11 nitrogen and oxygen atoms in total. The van der Waals surface area contributed by atoms with E-state index in [4.69, 9.17) is 23.2 Å². The molecular formula is C27H45Cl2N7O4. The van der Waals surface area contributed by atoms with Crippen LogP contribution in [0.3, 0.4) is 0 Å². The summed E-state index contributed by atoms with van der Waals surface area (Å²) >= 11 is 12.1. The van der Waals surface area contributed by atoms with Gasteiger partial charge in [-0.1, -0.05) is 32.8 Å². The van der Waals surface area contributed by atoms with Crippen LogP contribution in [0.25, 0.3) is 0 Å². The highest BCUT2D eigenvalue weighted by atomic mass is 35.5. The number of hydrogen-bond donors (Lipinski definition) is 6. The number of amides is 6. The smallest absolute Gasteiger partial charge is 0.314 e. The van der Waals surface area contributed by atoms with Crippen LogP contribution in [-0.2, 0) is 0 Å². The van der Waals surface area contributed by atoms with E-state index < -0.39 is 11.8 Å². The Morgan fingerprint density at radius 2 is 1.05 bits per heavy atom. The van der Waals surface area contributed by atoms with Gasteiger partial charge in [0, 0.05) is 50.0 Å². The first kappa shape index (κ1) is 35.2. The Morgan fingerprint density at radius 1 is 0.675 bits per heavy atom. The Morgan fingerprint density at radius 3 is 1.40 bits per heavy atom. The number of aromatic nitrogens is 1. The van der Waals surface area contributed by atoms with E-state index in [1.54, 1.807) is 6.07 Å². The van der Waals surface area contributed by atoms with Crippen LogP contribution in [0.4, 0.5) is 9.59 Å². The van der Waals surface area contributed by atoms with Crippen molar-refractivity contribution in [1.82, 2.24) is 36.9 Å². The molecule has 0 fully saturated rings. The predicted octanol–water partition coefficient (Wildman–Crippen LogP) is 3.52. The number of alkyl halides is 2. The molecular weight excluding hydrogens is 557 g/mol. The van der Waals surface area contributed by atoms with Gasteiger partial charge in [-0.15, -0.1) is 23.2 Å². The molecule has 40 heavy (non-hydrogen) atoms. The summed E-state index contributed by atoms with van der Waals surface area (Å²) in [5, 5.41) is 16.8. The average Bonchev–Trinajstić information content (AvgIpc) is 2.96. The molecule has 0 spiro atoms. The van der Waals surface area contributed by atoms with E-state index >= 15 is 0 Å². The van der Waals surface area contributed by atoms with Crippen molar-refractivity contribution >= 4 is 47.1 Å². The van der Waals surface area contributed by atoms with E-state index in [0.717, 1.165) is 25.7 Å². The number of hydrogen-bond acceptors (Lipinski definition) is 5. The number of carbonyl (C=O) groups excluding carboxylic acids is 4. The first-order valence-corrected chi connectivity index (χ1v) is 15.2. The fourth-order valence-electron chi connectivity index (χ4n) is 3.57. The molecule has 0 bridgehead atoms. The van der Waals surface area contributed by atoms with Crippen molar-refractivity contribution in [1.29, 1.82) is 0 Å². The second-order valence-corrected chi connectivity index (χ2v) is 10.0. The normalized spacial score (nSPS) is 12.1. The van der Waals surface area contributed by atoms with Crippen LogP contribution in [0.5, 0.6) is 0 Å². The van der Waals surface area contributed by atoms with Gasteiger partial charge in [0.05, 0.1) is 0 Å². The lowest BCUT2D eigenvalue weighted by molar-refractivity contribution is 0.0929. The van der Waals surface area contributed by atoms with Crippen LogP contribution in [0.2, 0.25) is 0 Å². The molecule has 0 aliphatic rings. The van der Waals surface area contributed by atoms with Gasteiger partial charge in [-0.3, -0.25) is 9.59 Å². The minimum Gasteiger partial charge on any atom is -0.347 e. The maximum atomic E-state index is 12.8. The van der Waals surface area contributed by atoms with E-state index in [2.05, 4.69) is 50.7 Å². The molecule has 0 aromatic carbocycles. The highest BCUT2D eigenvalue weighted by Crippen LogP contribution is 2.06. The summed E-state index contributed by atoms with van der Waals surface area (Å²) in [6.45, 7) is 6.29. The van der Waals surface area contributed by atoms with Crippen molar-refractivity contribution in [2.24, 2.45) is 0 Å². The largest absolute Gasteiger partial charge is 0.347 e. The Balaban J connectivity index is 2.48. The summed E-state index contributed by atoms with van der Waals surface area (Å²) in [7, 11) is 0. The van der Waals surface area contributed by atoms with E-state index in [9.17, 15) is 19.2 Å². The molecule has 1 aromatic heterocycles. The van der Waals surface area contributed by atoms with E-state index in [1.807, 2.05) is 0 Å². The van der Waals surface area contributed by atoms with Crippen molar-refractivity contribution in [3.63, 3.8) is 0 Å². The van der Waals surface area contributed by atoms with Crippen molar-refractivity contribution in [2.45, 2.75) is 77.3 Å². The molecule has 6 N–H and O–H groups in total. The molecule has 13 heteroatoms. The molecule has 1 aromatic rings. The van der Waals surface area contributed by atoms with Crippen LogP contribution in [0.1, 0.15) is 86.2 Å². The second-order valence-electron chi connectivity index (χ2n) is 9.41. The van der Waals surface area contributed by atoms with Crippen LogP contribution >= 0.6 is 23.2 Å². The quantitative estimate of drug-likeness (QED) is 0.0997. The molecule has 2 atom stereocenters. The number of urea groups is 2. The molecule has 0 aliphatic heterocycles. The van der Waals surface area contributed by atoms with Crippen molar-refractivity contribution < 1.29 is 19.2 Å². The number of carbonyl (C=O) groups is 4. The molecule has 226 valence electrons. The standard InChI is InChI=1S/C27H45Cl2N7O4/c1-3-5-14-30-26(39)32-16-8-10-20(18-28)34-24(37)22-12-7-13-23(36-22)25(38)35-21(19-29)11-9-17-33-27(40)31-15-6-4-2/h7,12-13,20-21H,3-6,8-11,14-19H2,1-2H3,(H,34,37)(H,35,38)(H2,30,32,39)(H2,31,33,40). The topological polar surface area (TPSA) is 153 Å². The molecule has 0 saturated carbocycles. The monoisotopic (exact) mass is 601 g/mol. The van der Waals surface area contributed by atoms with Crippen molar-refractivity contribution in [2.75, 3.05) is 37.9 Å². The maximum Gasteiger partial charge on any atom is 0.314 e. The van der Waals surface area contributed by atoms with E-state index in [1.165, 1.54) is 12.1 Å². The summed E-state index contributed by atoms with van der Waals surface area (Å²) < 4.78 is 0. The van der Waals surface area contributed by atoms with Crippen molar-refractivity contribution in [3.8, 4) is 0 Å². The lowest BCUT2D eigenvalue weighted by Crippen LogP contribution is -2.40. The Kier molecular flexibility index (Phi) is 19.3. The van der Waals surface area contributed by atoms with E-state index in [-0.39, 0.29) is 47.3 Å². The summed E-state index contributed by atoms with van der Waals surface area (Å²) in [5.41, 5.74) is 0.189. The molecule has 0 radical (unpaired) electrons. The Hall–Kier alpha value is -2.79. The Labute approximate surface area is 247 Å². The molecule has 0 saturated heterocycles.